The summed E-state index contributed by atoms with van der Waals surface area (Å²) in [7, 11) is 0. The molecule has 5 heteroatoms. The van der Waals surface area contributed by atoms with Crippen molar-refractivity contribution in [1.29, 1.82) is 0 Å². The molecule has 0 saturated heterocycles. The summed E-state index contributed by atoms with van der Waals surface area (Å²) in [4.78, 5) is 0. The van der Waals surface area contributed by atoms with Gasteiger partial charge in [0.05, 0.1) is 0 Å². The van der Waals surface area contributed by atoms with Crippen molar-refractivity contribution in [2.45, 2.75) is 13.8 Å². The maximum atomic E-state index is 10.9. The molecule has 0 rings (SSSR count). The molecule has 0 aromatic rings. The summed E-state index contributed by atoms with van der Waals surface area (Å²) in [5, 5.41) is 16.6. The smallest absolute Gasteiger partial charge is 0.105 e. The molecule has 0 aromatic heterocycles. The van der Waals surface area contributed by atoms with Gasteiger partial charge >= 0.3 is 0 Å². The van der Waals surface area contributed by atoms with E-state index in [0.29, 0.717) is 0 Å². The molecule has 9 heavy (non-hydrogen) atoms. The summed E-state index contributed by atoms with van der Waals surface area (Å²) >= 11 is 0. The van der Waals surface area contributed by atoms with Gasteiger partial charge in [0.15, 0.2) is 0 Å². The molecular formula is C4H7FN2O2. The quantitative estimate of drug-likeness (QED) is 0.349. The van der Waals surface area contributed by atoms with Crippen LogP contribution in [0.15, 0.2) is 10.3 Å². The van der Waals surface area contributed by atoms with E-state index in [1.807, 2.05) is 0 Å². The van der Waals surface area contributed by atoms with Crippen molar-refractivity contribution < 1.29 is 14.8 Å². The molecule has 0 aromatic carbocycles. The monoisotopic (exact) mass is 134 g/mol. The predicted molar refractivity (Wildman–Crippen MR) is 30.2 cm³/mol. The van der Waals surface area contributed by atoms with Gasteiger partial charge in [-0.15, -0.1) is 0 Å². The van der Waals surface area contributed by atoms with Gasteiger partial charge in [-0.2, -0.15) is 5.04 Å². The van der Waals surface area contributed by atoms with Gasteiger partial charge in [0.25, 0.3) is 0 Å². The zero-order chi connectivity index (χ0) is 7.28. The number of halogens is 1. The van der Waals surface area contributed by atoms with E-state index in [1.54, 1.807) is 0 Å². The average molecular weight is 134 g/mol. The van der Waals surface area contributed by atoms with E-state index >= 15 is 0 Å². The Bertz CT molecular complexity index is 144. The second-order valence-corrected chi connectivity index (χ2v) is 1.43. The molecule has 0 spiro atoms. The summed E-state index contributed by atoms with van der Waals surface area (Å²) in [6.45, 7) is 2.92. The van der Waals surface area contributed by atoms with Crippen molar-refractivity contribution in [2.24, 2.45) is 10.3 Å². The van der Waals surface area contributed by atoms with Crippen LogP contribution < -0.4 is 0 Å². The molecule has 52 valence electrons. The number of hydrogen-bond donors (Lipinski definition) is 1. The second kappa shape index (κ2) is 3.82. The van der Waals surface area contributed by atoms with Crippen molar-refractivity contribution in [3.63, 3.8) is 0 Å². The highest BCUT2D eigenvalue weighted by molar-refractivity contribution is 6.40. The minimum absolute atomic E-state index is 0.194. The standard InChI is InChI=1S/C4H7FN2O2/c1-3(6-8)4(2)7-9-5/h8H,1-2H3. The van der Waals surface area contributed by atoms with E-state index < -0.39 is 0 Å². The normalized spacial score (nSPS) is 13.7. The zero-order valence-corrected chi connectivity index (χ0v) is 5.13. The first-order chi connectivity index (χ1) is 4.22. The first-order valence-electron chi connectivity index (χ1n) is 2.23. The molecule has 0 fully saturated rings. The molecule has 0 aliphatic rings. The third-order valence-corrected chi connectivity index (χ3v) is 0.845. The summed E-state index contributed by atoms with van der Waals surface area (Å²) in [6, 6.07) is 0. The largest absolute Gasteiger partial charge is 0.411 e. The molecule has 0 saturated carbocycles. The van der Waals surface area contributed by atoms with Crippen molar-refractivity contribution in [3.8, 4) is 0 Å². The first kappa shape index (κ1) is 7.87. The molecule has 4 nitrogen and oxygen atoms in total. The van der Waals surface area contributed by atoms with E-state index in [-0.39, 0.29) is 11.4 Å². The van der Waals surface area contributed by atoms with Gasteiger partial charge in [0.2, 0.25) is 0 Å². The molecule has 0 bridgehead atoms. The molecule has 0 heterocycles. The van der Waals surface area contributed by atoms with E-state index in [0.717, 1.165) is 0 Å². The van der Waals surface area contributed by atoms with Gasteiger partial charge in [0.1, 0.15) is 11.4 Å². The molecular weight excluding hydrogens is 127 g/mol. The Morgan fingerprint density at radius 3 is 2.33 bits per heavy atom. The third-order valence-electron chi connectivity index (χ3n) is 0.845. The fourth-order valence-electron chi connectivity index (χ4n) is 0.190. The fraction of sp³-hybridized carbons (Fsp3) is 0.500. The van der Waals surface area contributed by atoms with Gasteiger partial charge in [0, 0.05) is 4.53 Å². The fourth-order valence-corrected chi connectivity index (χ4v) is 0.190. The molecule has 0 aliphatic heterocycles. The maximum Gasteiger partial charge on any atom is 0.105 e. The minimum atomic E-state index is 0.194. The van der Waals surface area contributed by atoms with Gasteiger partial charge in [-0.1, -0.05) is 5.16 Å². The van der Waals surface area contributed by atoms with E-state index in [2.05, 4.69) is 15.4 Å². The summed E-state index contributed by atoms with van der Waals surface area (Å²) < 4.78 is 10.9. The molecule has 0 radical (unpaired) electrons. The number of hydrogen-bond acceptors (Lipinski definition) is 4. The first-order valence-corrected chi connectivity index (χ1v) is 2.23. The van der Waals surface area contributed by atoms with Crippen LogP contribution in [0.3, 0.4) is 0 Å². The Balaban J connectivity index is 4.03. The Kier molecular flexibility index (Phi) is 3.34. The molecule has 0 aliphatic carbocycles. The minimum Gasteiger partial charge on any atom is -0.411 e. The molecule has 0 atom stereocenters. The van der Waals surface area contributed by atoms with Gasteiger partial charge < -0.3 is 5.21 Å². The number of rotatable bonds is 2. The second-order valence-electron chi connectivity index (χ2n) is 1.43. The van der Waals surface area contributed by atoms with Crippen molar-refractivity contribution in [3.05, 3.63) is 0 Å². The lowest BCUT2D eigenvalue weighted by Gasteiger charge is -1.89. The van der Waals surface area contributed by atoms with Crippen LogP contribution >= 0.6 is 0 Å². The van der Waals surface area contributed by atoms with Crippen molar-refractivity contribution in [1.82, 2.24) is 0 Å². The lowest BCUT2D eigenvalue weighted by molar-refractivity contribution is -0.130. The zero-order valence-electron chi connectivity index (χ0n) is 5.13. The average Bonchev–Trinajstić information content (AvgIpc) is 1.87. The van der Waals surface area contributed by atoms with Crippen LogP contribution in [0.25, 0.3) is 0 Å². The summed E-state index contributed by atoms with van der Waals surface area (Å²) in [5.74, 6) is 0. The molecule has 0 unspecified atom stereocenters. The highest BCUT2D eigenvalue weighted by Gasteiger charge is 1.95. The van der Waals surface area contributed by atoms with Crippen molar-refractivity contribution >= 4 is 11.4 Å². The SMILES string of the molecule is CC(=NO)C(C)=NOF. The van der Waals surface area contributed by atoms with Gasteiger partial charge in [-0.05, 0) is 19.0 Å². The number of oxime groups is 2. The molecule has 0 amide bonds. The van der Waals surface area contributed by atoms with Crippen LogP contribution in [-0.4, -0.2) is 16.6 Å². The highest BCUT2D eigenvalue weighted by atomic mass is 19.3. The van der Waals surface area contributed by atoms with Crippen LogP contribution in [0.5, 0.6) is 0 Å². The van der Waals surface area contributed by atoms with Crippen LogP contribution in [-0.2, 0) is 5.04 Å². The Morgan fingerprint density at radius 2 is 2.00 bits per heavy atom. The topological polar surface area (TPSA) is 54.2 Å². The highest BCUT2D eigenvalue weighted by Crippen LogP contribution is 1.84. The van der Waals surface area contributed by atoms with Crippen LogP contribution in [0, 0.1) is 0 Å². The summed E-state index contributed by atoms with van der Waals surface area (Å²) in [5.41, 5.74) is 0.410. The van der Waals surface area contributed by atoms with Gasteiger partial charge in [-0.3, -0.25) is 0 Å². The van der Waals surface area contributed by atoms with Crippen molar-refractivity contribution in [2.75, 3.05) is 0 Å². The van der Waals surface area contributed by atoms with E-state index in [1.165, 1.54) is 13.8 Å². The Hall–Kier alpha value is -1.13. The maximum absolute atomic E-state index is 10.9. The number of nitrogens with zero attached hydrogens (tertiary/aromatic N) is 2. The van der Waals surface area contributed by atoms with Crippen LogP contribution in [0.2, 0.25) is 0 Å². The lowest BCUT2D eigenvalue weighted by atomic mass is 10.3. The lowest BCUT2D eigenvalue weighted by Crippen LogP contribution is -2.04. The third kappa shape index (κ3) is 2.63. The predicted octanol–water partition coefficient (Wildman–Crippen LogP) is 1.11. The van der Waals surface area contributed by atoms with E-state index in [4.69, 9.17) is 5.21 Å². The molecule has 1 N–H and O–H groups in total. The van der Waals surface area contributed by atoms with Crippen LogP contribution in [0.1, 0.15) is 13.8 Å². The Morgan fingerprint density at radius 1 is 1.44 bits per heavy atom. The van der Waals surface area contributed by atoms with Gasteiger partial charge in [-0.25, -0.2) is 0 Å². The summed E-state index contributed by atoms with van der Waals surface area (Å²) in [6.07, 6.45) is 0. The van der Waals surface area contributed by atoms with Crippen LogP contribution in [0.4, 0.5) is 4.53 Å². The van der Waals surface area contributed by atoms with E-state index in [9.17, 15) is 4.53 Å². The Labute approximate surface area is 51.5 Å².